The molecule has 2 heterocycles. The van der Waals surface area contributed by atoms with E-state index >= 15 is 0 Å². The van der Waals surface area contributed by atoms with Crippen molar-refractivity contribution in [1.29, 1.82) is 0 Å². The number of aromatic nitrogens is 4. The summed E-state index contributed by atoms with van der Waals surface area (Å²) in [4.78, 5) is 16.9. The Labute approximate surface area is 176 Å². The molecule has 0 saturated heterocycles. The minimum Gasteiger partial charge on any atom is -0.231 e. The fourth-order valence-corrected chi connectivity index (χ4v) is 5.73. The van der Waals surface area contributed by atoms with Gasteiger partial charge in [-0.1, -0.05) is 35.7 Å². The third-order valence-corrected chi connectivity index (χ3v) is 7.92. The van der Waals surface area contributed by atoms with Gasteiger partial charge in [0.1, 0.15) is 0 Å². The summed E-state index contributed by atoms with van der Waals surface area (Å²) < 4.78 is 0. The fraction of sp³-hybridized carbons (Fsp3) is 0.455. The van der Waals surface area contributed by atoms with Crippen LogP contribution in [0.5, 0.6) is 0 Å². The van der Waals surface area contributed by atoms with Gasteiger partial charge < -0.3 is 0 Å². The van der Waals surface area contributed by atoms with E-state index in [1.54, 1.807) is 24.8 Å². The highest BCUT2D eigenvalue weighted by molar-refractivity contribution is 8.00. The molecule has 0 unspecified atom stereocenters. The van der Waals surface area contributed by atoms with E-state index < -0.39 is 0 Å². The third-order valence-electron chi connectivity index (χ3n) is 5.23. The van der Waals surface area contributed by atoms with E-state index in [0.29, 0.717) is 10.5 Å². The highest BCUT2D eigenvalue weighted by Crippen LogP contribution is 2.42. The highest BCUT2D eigenvalue weighted by atomic mass is 32.2. The predicted molar refractivity (Wildman–Crippen MR) is 118 cm³/mol. The highest BCUT2D eigenvalue weighted by Gasteiger charge is 2.31. The van der Waals surface area contributed by atoms with Crippen molar-refractivity contribution in [3.63, 3.8) is 0 Å². The first-order chi connectivity index (χ1) is 13.8. The summed E-state index contributed by atoms with van der Waals surface area (Å²) in [7, 11) is 0. The average Bonchev–Trinajstić information content (AvgIpc) is 2.73. The van der Waals surface area contributed by atoms with Crippen LogP contribution in [0.2, 0.25) is 0 Å². The molecule has 4 atom stereocenters. The molecule has 2 aliphatic carbocycles. The fourth-order valence-electron chi connectivity index (χ4n) is 3.32. The zero-order valence-corrected chi connectivity index (χ0v) is 17.8. The van der Waals surface area contributed by atoms with E-state index in [4.69, 9.17) is 0 Å². The Balaban J connectivity index is 0.000000161. The van der Waals surface area contributed by atoms with Gasteiger partial charge in [0.15, 0.2) is 10.3 Å². The summed E-state index contributed by atoms with van der Waals surface area (Å²) in [6, 6.07) is 3.71. The standard InChI is InChI=1S/2C11H14N2S/c2*1-2-4-9-5-6-10(9)14-11-12-7-3-8-13-11/h2*2-3,7-10H,1,4-6H2/t2*9-,10-/m10/s1. The van der Waals surface area contributed by atoms with Gasteiger partial charge in [-0.25, -0.2) is 19.9 Å². The van der Waals surface area contributed by atoms with Crippen molar-refractivity contribution in [3.05, 3.63) is 62.2 Å². The largest absolute Gasteiger partial charge is 0.231 e. The number of rotatable bonds is 8. The van der Waals surface area contributed by atoms with Crippen LogP contribution in [0.15, 0.2) is 72.5 Å². The number of allylic oxidation sites excluding steroid dienone is 2. The second-order valence-corrected chi connectivity index (χ2v) is 9.51. The minimum atomic E-state index is 0.704. The van der Waals surface area contributed by atoms with E-state index in [2.05, 4.69) is 33.1 Å². The van der Waals surface area contributed by atoms with E-state index in [1.165, 1.54) is 25.7 Å². The maximum atomic E-state index is 4.22. The topological polar surface area (TPSA) is 51.6 Å². The van der Waals surface area contributed by atoms with Crippen molar-refractivity contribution in [2.75, 3.05) is 0 Å². The van der Waals surface area contributed by atoms with Crippen molar-refractivity contribution in [1.82, 2.24) is 19.9 Å². The molecule has 0 bridgehead atoms. The molecule has 2 fully saturated rings. The zero-order valence-electron chi connectivity index (χ0n) is 16.2. The minimum absolute atomic E-state index is 0.704. The smallest absolute Gasteiger partial charge is 0.187 e. The van der Waals surface area contributed by atoms with Crippen LogP contribution in [0.4, 0.5) is 0 Å². The van der Waals surface area contributed by atoms with Crippen LogP contribution in [0.1, 0.15) is 38.5 Å². The Hall–Kier alpha value is -1.66. The summed E-state index contributed by atoms with van der Waals surface area (Å²) in [5.74, 6) is 1.59. The van der Waals surface area contributed by atoms with E-state index in [9.17, 15) is 0 Å². The first-order valence-electron chi connectivity index (χ1n) is 9.89. The second-order valence-electron chi connectivity index (χ2n) is 7.10. The SMILES string of the molecule is C=CC[C@@H]1CC[C@H]1Sc1ncccn1.C=CC[C@H]1CC[C@@H]1Sc1ncccn1. The van der Waals surface area contributed by atoms with Gasteiger partial charge in [-0.3, -0.25) is 0 Å². The number of hydrogen-bond acceptors (Lipinski definition) is 6. The number of thioether (sulfide) groups is 2. The number of nitrogens with zero attached hydrogens (tertiary/aromatic N) is 4. The third kappa shape index (κ3) is 6.17. The quantitative estimate of drug-likeness (QED) is 0.400. The molecule has 4 rings (SSSR count). The Morgan fingerprint density at radius 3 is 1.39 bits per heavy atom. The van der Waals surface area contributed by atoms with Crippen molar-refractivity contribution >= 4 is 23.5 Å². The molecule has 148 valence electrons. The summed E-state index contributed by atoms with van der Waals surface area (Å²) in [5, 5.41) is 3.23. The summed E-state index contributed by atoms with van der Waals surface area (Å²) in [6.45, 7) is 7.57. The lowest BCUT2D eigenvalue weighted by atomic mass is 9.82. The molecule has 0 N–H and O–H groups in total. The summed E-state index contributed by atoms with van der Waals surface area (Å²) in [5.41, 5.74) is 0. The normalized spacial score (nSPS) is 25.4. The van der Waals surface area contributed by atoms with E-state index in [0.717, 1.165) is 35.0 Å². The first kappa shape index (κ1) is 21.1. The van der Waals surface area contributed by atoms with Crippen LogP contribution >= 0.6 is 23.5 Å². The summed E-state index contributed by atoms with van der Waals surface area (Å²) in [6.07, 6.45) is 18.7. The second kappa shape index (κ2) is 11.4. The van der Waals surface area contributed by atoms with Gasteiger partial charge >= 0.3 is 0 Å². The molecule has 2 aromatic rings. The molecule has 0 aliphatic heterocycles. The molecule has 28 heavy (non-hydrogen) atoms. The lowest BCUT2D eigenvalue weighted by Crippen LogP contribution is -2.28. The van der Waals surface area contributed by atoms with Gasteiger partial charge in [0.2, 0.25) is 0 Å². The van der Waals surface area contributed by atoms with E-state index in [-0.39, 0.29) is 0 Å². The van der Waals surface area contributed by atoms with Crippen molar-refractivity contribution in [2.45, 2.75) is 59.3 Å². The molecular weight excluding hydrogens is 384 g/mol. The average molecular weight is 413 g/mol. The van der Waals surface area contributed by atoms with Gasteiger partial charge in [-0.15, -0.1) is 13.2 Å². The maximum Gasteiger partial charge on any atom is 0.187 e. The van der Waals surface area contributed by atoms with Crippen LogP contribution in [0.3, 0.4) is 0 Å². The lowest BCUT2D eigenvalue weighted by Gasteiger charge is -2.34. The molecule has 2 aromatic heterocycles. The summed E-state index contributed by atoms with van der Waals surface area (Å²) >= 11 is 3.62. The molecule has 0 aromatic carbocycles. The molecule has 0 amide bonds. The Bertz CT molecular complexity index is 662. The molecule has 0 spiro atoms. The van der Waals surface area contributed by atoms with Crippen molar-refractivity contribution < 1.29 is 0 Å². The maximum absolute atomic E-state index is 4.22. The predicted octanol–water partition coefficient (Wildman–Crippen LogP) is 5.85. The molecule has 2 saturated carbocycles. The zero-order chi connectivity index (χ0) is 19.6. The van der Waals surface area contributed by atoms with Crippen LogP contribution in [0.25, 0.3) is 0 Å². The van der Waals surface area contributed by atoms with Gasteiger partial charge in [0.25, 0.3) is 0 Å². The van der Waals surface area contributed by atoms with Gasteiger partial charge in [0, 0.05) is 35.3 Å². The van der Waals surface area contributed by atoms with Gasteiger partial charge in [-0.05, 0) is 62.5 Å². The molecular formula is C22H28N4S2. The van der Waals surface area contributed by atoms with Gasteiger partial charge in [0.05, 0.1) is 0 Å². The van der Waals surface area contributed by atoms with Crippen LogP contribution in [-0.2, 0) is 0 Å². The monoisotopic (exact) mass is 412 g/mol. The van der Waals surface area contributed by atoms with E-state index in [1.807, 2.05) is 47.8 Å². The molecule has 0 radical (unpaired) electrons. The van der Waals surface area contributed by atoms with Gasteiger partial charge in [-0.2, -0.15) is 0 Å². The molecule has 2 aliphatic rings. The Morgan fingerprint density at radius 1 is 0.714 bits per heavy atom. The van der Waals surface area contributed by atoms with Crippen LogP contribution < -0.4 is 0 Å². The number of hydrogen-bond donors (Lipinski definition) is 0. The van der Waals surface area contributed by atoms with Crippen molar-refractivity contribution in [2.24, 2.45) is 11.8 Å². The van der Waals surface area contributed by atoms with Crippen LogP contribution in [0, 0.1) is 11.8 Å². The molecule has 6 heteroatoms. The molecule has 4 nitrogen and oxygen atoms in total. The Kier molecular flexibility index (Phi) is 8.55. The van der Waals surface area contributed by atoms with Crippen LogP contribution in [-0.4, -0.2) is 30.4 Å². The Morgan fingerprint density at radius 2 is 1.11 bits per heavy atom. The first-order valence-corrected chi connectivity index (χ1v) is 11.6. The lowest BCUT2D eigenvalue weighted by molar-refractivity contribution is 0.335. The van der Waals surface area contributed by atoms with Crippen molar-refractivity contribution in [3.8, 4) is 0 Å².